The number of aromatic nitrogens is 1. The van der Waals surface area contributed by atoms with Crippen LogP contribution in [0.2, 0.25) is 5.02 Å². The molecule has 1 amide bonds. The van der Waals surface area contributed by atoms with Crippen LogP contribution in [0, 0.1) is 6.92 Å². The number of hydrogen-bond acceptors (Lipinski definition) is 5. The Bertz CT molecular complexity index is 1150. The third-order valence-electron chi connectivity index (χ3n) is 5.80. The fraction of sp³-hybridized carbons (Fsp3) is 0.308. The molecule has 0 radical (unpaired) electrons. The molecular weight excluding hydrogens is 467 g/mol. The predicted molar refractivity (Wildman–Crippen MR) is 144 cm³/mol. The summed E-state index contributed by atoms with van der Waals surface area (Å²) in [6.07, 6.45) is 3.16. The summed E-state index contributed by atoms with van der Waals surface area (Å²) in [6.45, 7) is 5.28. The van der Waals surface area contributed by atoms with Gasteiger partial charge in [-0.1, -0.05) is 29.8 Å². The van der Waals surface area contributed by atoms with Gasteiger partial charge in [0.1, 0.15) is 6.10 Å². The normalized spacial score (nSPS) is 11.8. The third kappa shape index (κ3) is 6.06. The summed E-state index contributed by atoms with van der Waals surface area (Å²) in [5, 5.41) is 1.65. The number of ether oxygens (including phenoxy) is 1. The van der Waals surface area contributed by atoms with Crippen molar-refractivity contribution in [1.29, 1.82) is 0 Å². The van der Waals surface area contributed by atoms with Crippen LogP contribution in [0.5, 0.6) is 5.75 Å². The molecule has 0 aliphatic carbocycles. The lowest BCUT2D eigenvalue weighted by Crippen LogP contribution is -2.28. The van der Waals surface area contributed by atoms with E-state index < -0.39 is 0 Å². The standard InChI is InChI=1S/C26H32ClN4O2P/c1-16-6-11-21(27)23(24(16)34)17(2)33-22-14-20(15-30-25(22)29)18-7-9-19(10-8-18)26(32)31(3)13-5-4-12-28/h6-11,14-15,17H,4-5,12-13,28,34H2,1-3H3,(H2,29,30). The Balaban J connectivity index is 1.79. The average molecular weight is 499 g/mol. The van der Waals surface area contributed by atoms with Crippen LogP contribution in [0.15, 0.2) is 48.7 Å². The van der Waals surface area contributed by atoms with E-state index in [0.29, 0.717) is 35.2 Å². The molecule has 2 unspecified atom stereocenters. The summed E-state index contributed by atoms with van der Waals surface area (Å²) >= 11 is 6.45. The number of amides is 1. The molecule has 8 heteroatoms. The fourth-order valence-electron chi connectivity index (χ4n) is 3.71. The molecule has 2 aromatic carbocycles. The molecule has 0 aliphatic heterocycles. The number of hydrogen-bond donors (Lipinski definition) is 2. The Hall–Kier alpha value is -2.66. The Morgan fingerprint density at radius 2 is 1.88 bits per heavy atom. The summed E-state index contributed by atoms with van der Waals surface area (Å²) < 4.78 is 6.20. The Morgan fingerprint density at radius 3 is 2.56 bits per heavy atom. The number of unbranched alkanes of at least 4 members (excludes halogenated alkanes) is 1. The van der Waals surface area contributed by atoms with Crippen molar-refractivity contribution in [3.63, 3.8) is 0 Å². The van der Waals surface area contributed by atoms with E-state index in [1.54, 1.807) is 11.1 Å². The highest BCUT2D eigenvalue weighted by Gasteiger charge is 2.18. The maximum Gasteiger partial charge on any atom is 0.253 e. The number of aryl methyl sites for hydroxylation is 1. The molecule has 0 aliphatic rings. The second-order valence-electron chi connectivity index (χ2n) is 8.36. The van der Waals surface area contributed by atoms with Gasteiger partial charge in [-0.05, 0) is 73.9 Å². The van der Waals surface area contributed by atoms with Gasteiger partial charge in [-0.15, -0.1) is 9.24 Å². The van der Waals surface area contributed by atoms with Crippen LogP contribution in [0.1, 0.15) is 47.4 Å². The maximum atomic E-state index is 12.7. The van der Waals surface area contributed by atoms with Gasteiger partial charge in [0, 0.05) is 41.5 Å². The van der Waals surface area contributed by atoms with Crippen molar-refractivity contribution in [2.24, 2.45) is 5.73 Å². The summed E-state index contributed by atoms with van der Waals surface area (Å²) in [5.74, 6) is 0.766. The molecular formula is C26H32ClN4O2P. The van der Waals surface area contributed by atoms with E-state index in [1.165, 1.54) is 0 Å². The molecule has 0 fully saturated rings. The number of nitrogens with two attached hydrogens (primary N) is 2. The lowest BCUT2D eigenvalue weighted by atomic mass is 10.0. The number of pyridine rings is 1. The minimum absolute atomic E-state index is 0.0138. The van der Waals surface area contributed by atoms with Crippen molar-refractivity contribution in [3.05, 3.63) is 70.4 Å². The SMILES string of the molecule is Cc1ccc(Cl)c(C(C)Oc2cc(-c3ccc(C(=O)N(C)CCCCN)cc3)cnc2N)c1P. The first-order valence-electron chi connectivity index (χ1n) is 11.3. The first-order valence-corrected chi connectivity index (χ1v) is 12.2. The van der Waals surface area contributed by atoms with Gasteiger partial charge in [0.15, 0.2) is 11.6 Å². The van der Waals surface area contributed by atoms with E-state index in [1.807, 2.05) is 63.4 Å². The summed E-state index contributed by atoms with van der Waals surface area (Å²) in [4.78, 5) is 18.7. The smallest absolute Gasteiger partial charge is 0.253 e. The van der Waals surface area contributed by atoms with Crippen LogP contribution in [-0.2, 0) is 0 Å². The molecule has 1 heterocycles. The second-order valence-corrected chi connectivity index (χ2v) is 9.34. The molecule has 0 saturated carbocycles. The molecule has 0 spiro atoms. The van der Waals surface area contributed by atoms with E-state index in [-0.39, 0.29) is 12.0 Å². The highest BCUT2D eigenvalue weighted by Crippen LogP contribution is 2.33. The molecule has 2 atom stereocenters. The third-order valence-corrected chi connectivity index (χ3v) is 6.90. The Morgan fingerprint density at radius 1 is 1.18 bits per heavy atom. The Kier molecular flexibility index (Phi) is 8.90. The molecule has 4 N–H and O–H groups in total. The Labute approximate surface area is 208 Å². The quantitative estimate of drug-likeness (QED) is 0.328. The van der Waals surface area contributed by atoms with Crippen molar-refractivity contribution in [2.45, 2.75) is 32.8 Å². The topological polar surface area (TPSA) is 94.5 Å². The fourth-order valence-corrected chi connectivity index (χ4v) is 4.61. The van der Waals surface area contributed by atoms with E-state index in [0.717, 1.165) is 40.4 Å². The van der Waals surface area contributed by atoms with Crippen LogP contribution >= 0.6 is 20.8 Å². The first kappa shape index (κ1) is 26.0. The highest BCUT2D eigenvalue weighted by atomic mass is 35.5. The zero-order chi connectivity index (χ0) is 24.8. The lowest BCUT2D eigenvalue weighted by molar-refractivity contribution is 0.0793. The molecule has 0 bridgehead atoms. The molecule has 3 aromatic rings. The first-order chi connectivity index (χ1) is 16.2. The molecule has 0 saturated heterocycles. The largest absolute Gasteiger partial charge is 0.482 e. The molecule has 6 nitrogen and oxygen atoms in total. The number of anilines is 1. The summed E-state index contributed by atoms with van der Waals surface area (Å²) in [6, 6.07) is 13.2. The van der Waals surface area contributed by atoms with Gasteiger partial charge in [0.25, 0.3) is 5.91 Å². The monoisotopic (exact) mass is 498 g/mol. The lowest BCUT2D eigenvalue weighted by Gasteiger charge is -2.20. The van der Waals surface area contributed by atoms with E-state index in [9.17, 15) is 4.79 Å². The molecule has 3 rings (SSSR count). The number of nitrogens with zero attached hydrogens (tertiary/aromatic N) is 2. The van der Waals surface area contributed by atoms with Gasteiger partial charge in [-0.3, -0.25) is 4.79 Å². The van der Waals surface area contributed by atoms with Crippen molar-refractivity contribution in [1.82, 2.24) is 9.88 Å². The van der Waals surface area contributed by atoms with Crippen LogP contribution in [0.25, 0.3) is 11.1 Å². The number of benzene rings is 2. The number of carbonyl (C=O) groups is 1. The maximum absolute atomic E-state index is 12.7. The van der Waals surface area contributed by atoms with Gasteiger partial charge < -0.3 is 21.1 Å². The molecule has 1 aromatic heterocycles. The number of halogens is 1. The van der Waals surface area contributed by atoms with Crippen LogP contribution in [0.3, 0.4) is 0 Å². The highest BCUT2D eigenvalue weighted by molar-refractivity contribution is 7.27. The van der Waals surface area contributed by atoms with E-state index in [4.69, 9.17) is 27.8 Å². The minimum Gasteiger partial charge on any atom is -0.482 e. The molecule has 180 valence electrons. The number of rotatable bonds is 9. The predicted octanol–water partition coefficient (Wildman–Crippen LogP) is 4.74. The zero-order valence-electron chi connectivity index (χ0n) is 19.8. The van der Waals surface area contributed by atoms with E-state index >= 15 is 0 Å². The van der Waals surface area contributed by atoms with Crippen molar-refractivity contribution < 1.29 is 9.53 Å². The number of nitrogen functional groups attached to an aromatic ring is 1. The summed E-state index contributed by atoms with van der Waals surface area (Å²) in [7, 11) is 4.54. The number of carbonyl (C=O) groups excluding carboxylic acids is 1. The van der Waals surface area contributed by atoms with Crippen LogP contribution < -0.4 is 21.5 Å². The minimum atomic E-state index is -0.325. The van der Waals surface area contributed by atoms with Crippen molar-refractivity contribution in [2.75, 3.05) is 25.9 Å². The average Bonchev–Trinajstić information content (AvgIpc) is 2.83. The van der Waals surface area contributed by atoms with Gasteiger partial charge in [-0.25, -0.2) is 4.98 Å². The summed E-state index contributed by atoms with van der Waals surface area (Å²) in [5.41, 5.74) is 16.0. The molecule has 34 heavy (non-hydrogen) atoms. The van der Waals surface area contributed by atoms with Crippen LogP contribution in [-0.4, -0.2) is 35.9 Å². The van der Waals surface area contributed by atoms with Crippen molar-refractivity contribution >= 4 is 37.9 Å². The van der Waals surface area contributed by atoms with E-state index in [2.05, 4.69) is 14.2 Å². The van der Waals surface area contributed by atoms with Gasteiger partial charge in [-0.2, -0.15) is 0 Å². The zero-order valence-corrected chi connectivity index (χ0v) is 21.8. The van der Waals surface area contributed by atoms with Gasteiger partial charge in [0.2, 0.25) is 0 Å². The van der Waals surface area contributed by atoms with Crippen LogP contribution in [0.4, 0.5) is 5.82 Å². The van der Waals surface area contributed by atoms with Crippen molar-refractivity contribution in [3.8, 4) is 16.9 Å². The van der Waals surface area contributed by atoms with Gasteiger partial charge in [0.05, 0.1) is 0 Å². The van der Waals surface area contributed by atoms with Gasteiger partial charge >= 0.3 is 0 Å². The second kappa shape index (κ2) is 11.7.